The molecule has 3 aromatic rings. The monoisotopic (exact) mass is 459 g/mol. The first-order valence-corrected chi connectivity index (χ1v) is 10.6. The minimum absolute atomic E-state index is 0.178. The number of aryl methyl sites for hydroxylation is 1. The maximum absolute atomic E-state index is 13.3. The number of piperazine rings is 1. The highest BCUT2D eigenvalue weighted by Gasteiger charge is 2.33. The summed E-state index contributed by atoms with van der Waals surface area (Å²) >= 11 is 0. The molecule has 174 valence electrons. The largest absolute Gasteiger partial charge is 0.416 e. The van der Waals surface area contributed by atoms with Gasteiger partial charge in [-0.1, -0.05) is 0 Å². The van der Waals surface area contributed by atoms with Crippen LogP contribution < -0.4 is 15.5 Å². The number of non-ortho nitro benzene ring substituents is 1. The molecule has 7 nitrogen and oxygen atoms in total. The molecule has 33 heavy (non-hydrogen) atoms. The van der Waals surface area contributed by atoms with Crippen molar-refractivity contribution in [2.45, 2.75) is 26.1 Å². The van der Waals surface area contributed by atoms with E-state index in [1.165, 1.54) is 6.07 Å². The Kier molecular flexibility index (Phi) is 6.11. The van der Waals surface area contributed by atoms with Gasteiger partial charge >= 0.3 is 6.18 Å². The first-order valence-electron chi connectivity index (χ1n) is 10.6. The van der Waals surface area contributed by atoms with E-state index in [1.807, 2.05) is 31.2 Å². The summed E-state index contributed by atoms with van der Waals surface area (Å²) in [5.41, 5.74) is 1.81. The highest BCUT2D eigenvalue weighted by molar-refractivity contribution is 5.94. The predicted molar refractivity (Wildman–Crippen MR) is 122 cm³/mol. The van der Waals surface area contributed by atoms with Crippen LogP contribution in [0.3, 0.4) is 0 Å². The Labute approximate surface area is 188 Å². The zero-order valence-electron chi connectivity index (χ0n) is 18.2. The van der Waals surface area contributed by atoms with Crippen LogP contribution in [0.1, 0.15) is 29.8 Å². The van der Waals surface area contributed by atoms with Gasteiger partial charge in [-0.2, -0.15) is 13.2 Å². The molecular formula is C23H24F3N5O2. The average molecular weight is 459 g/mol. The van der Waals surface area contributed by atoms with Crippen LogP contribution in [-0.2, 0) is 6.18 Å². The van der Waals surface area contributed by atoms with Crippen molar-refractivity contribution in [2.75, 3.05) is 36.4 Å². The van der Waals surface area contributed by atoms with Crippen molar-refractivity contribution in [3.63, 3.8) is 0 Å². The van der Waals surface area contributed by atoms with Crippen LogP contribution in [0.15, 0.2) is 42.5 Å². The number of nitrogens with zero attached hydrogens (tertiary/aromatic N) is 3. The molecular weight excluding hydrogens is 435 g/mol. The molecule has 0 amide bonds. The summed E-state index contributed by atoms with van der Waals surface area (Å²) in [6.07, 6.45) is -4.68. The van der Waals surface area contributed by atoms with E-state index in [2.05, 4.69) is 20.5 Å². The van der Waals surface area contributed by atoms with Gasteiger partial charge in [-0.3, -0.25) is 15.1 Å². The van der Waals surface area contributed by atoms with E-state index in [-0.39, 0.29) is 5.56 Å². The molecule has 2 heterocycles. The van der Waals surface area contributed by atoms with E-state index in [1.54, 1.807) is 6.92 Å². The van der Waals surface area contributed by atoms with Crippen LogP contribution in [0.2, 0.25) is 0 Å². The molecule has 0 aliphatic carbocycles. The van der Waals surface area contributed by atoms with Crippen molar-refractivity contribution >= 4 is 28.0 Å². The second kappa shape index (κ2) is 8.86. The van der Waals surface area contributed by atoms with E-state index in [9.17, 15) is 23.3 Å². The summed E-state index contributed by atoms with van der Waals surface area (Å²) < 4.78 is 40.0. The number of nitro benzene ring substituents is 1. The molecule has 1 saturated heterocycles. The van der Waals surface area contributed by atoms with Gasteiger partial charge in [-0.05, 0) is 49.7 Å². The molecule has 0 radical (unpaired) electrons. The summed E-state index contributed by atoms with van der Waals surface area (Å²) in [5, 5.41) is 18.6. The van der Waals surface area contributed by atoms with Crippen LogP contribution in [0.4, 0.5) is 30.2 Å². The molecule has 1 aromatic heterocycles. The number of nitrogens with one attached hydrogen (secondary N) is 2. The molecule has 0 saturated carbocycles. The molecule has 0 bridgehead atoms. The lowest BCUT2D eigenvalue weighted by Crippen LogP contribution is -2.43. The number of alkyl halides is 3. The van der Waals surface area contributed by atoms with Crippen molar-refractivity contribution in [1.29, 1.82) is 0 Å². The summed E-state index contributed by atoms with van der Waals surface area (Å²) in [5.74, 6) is 0. The second-order valence-corrected chi connectivity index (χ2v) is 8.18. The van der Waals surface area contributed by atoms with Gasteiger partial charge in [0.25, 0.3) is 5.69 Å². The Bertz CT molecular complexity index is 1190. The van der Waals surface area contributed by atoms with E-state index in [0.29, 0.717) is 11.8 Å². The molecule has 2 aromatic carbocycles. The Morgan fingerprint density at radius 2 is 1.88 bits per heavy atom. The van der Waals surface area contributed by atoms with Gasteiger partial charge in [0.2, 0.25) is 0 Å². The van der Waals surface area contributed by atoms with Gasteiger partial charge in [0.15, 0.2) is 0 Å². The normalized spacial score (nSPS) is 15.5. The Hall–Kier alpha value is -3.40. The summed E-state index contributed by atoms with van der Waals surface area (Å²) in [4.78, 5) is 17.3. The number of hydrogen-bond acceptors (Lipinski definition) is 6. The number of pyridine rings is 1. The fourth-order valence-electron chi connectivity index (χ4n) is 4.06. The molecule has 0 unspecified atom stereocenters. The third-order valence-electron chi connectivity index (χ3n) is 5.75. The molecule has 1 aliphatic heterocycles. The number of nitro groups is 1. The smallest absolute Gasteiger partial charge is 0.378 e. The maximum Gasteiger partial charge on any atom is 0.416 e. The van der Waals surface area contributed by atoms with Crippen molar-refractivity contribution in [3.05, 3.63) is 69.4 Å². The maximum atomic E-state index is 13.3. The van der Waals surface area contributed by atoms with Crippen LogP contribution >= 0.6 is 0 Å². The van der Waals surface area contributed by atoms with Gasteiger partial charge in [0.05, 0.1) is 16.0 Å². The minimum atomic E-state index is -4.68. The van der Waals surface area contributed by atoms with Crippen LogP contribution in [0.25, 0.3) is 10.9 Å². The summed E-state index contributed by atoms with van der Waals surface area (Å²) in [7, 11) is 0. The number of halogens is 3. The number of fused-ring (bicyclic) bond motifs is 1. The van der Waals surface area contributed by atoms with Gasteiger partial charge in [-0.25, -0.2) is 0 Å². The van der Waals surface area contributed by atoms with Crippen LogP contribution in [0, 0.1) is 17.0 Å². The van der Waals surface area contributed by atoms with Crippen molar-refractivity contribution in [1.82, 2.24) is 10.3 Å². The lowest BCUT2D eigenvalue weighted by molar-refractivity contribution is -0.385. The van der Waals surface area contributed by atoms with Crippen LogP contribution in [-0.4, -0.2) is 36.1 Å². The third kappa shape index (κ3) is 5.00. The SMILES string of the molecule is Cc1cc(N[C@H](C)c2cc([N+](=O)[O-])cc(C(F)(F)F)c2)c2cc(N3CCNCC3)ccc2n1. The highest BCUT2D eigenvalue weighted by atomic mass is 19.4. The van der Waals surface area contributed by atoms with E-state index in [0.717, 1.165) is 54.5 Å². The zero-order valence-corrected chi connectivity index (χ0v) is 18.2. The lowest BCUT2D eigenvalue weighted by Gasteiger charge is -2.30. The molecule has 1 atom stereocenters. The standard InChI is InChI=1S/C23H24F3N5O2/c1-14-9-22(20-13-18(3-4-21(20)28-14)30-7-5-27-6-8-30)29-15(2)16-10-17(23(24,25)26)12-19(11-16)31(32)33/h3-4,9-13,15,27H,5-8H2,1-2H3,(H,28,29)/t15-/m1/s1. The molecule has 0 spiro atoms. The quantitative estimate of drug-likeness (QED) is 0.410. The average Bonchev–Trinajstić information content (AvgIpc) is 2.78. The highest BCUT2D eigenvalue weighted by Crippen LogP contribution is 2.36. The lowest BCUT2D eigenvalue weighted by atomic mass is 10.0. The molecule has 1 aliphatic rings. The fourth-order valence-corrected chi connectivity index (χ4v) is 4.06. The second-order valence-electron chi connectivity index (χ2n) is 8.18. The predicted octanol–water partition coefficient (Wildman–Crippen LogP) is 5.05. The summed E-state index contributed by atoms with van der Waals surface area (Å²) in [6, 6.07) is 9.89. The first kappa shape index (κ1) is 22.8. The van der Waals surface area contributed by atoms with Gasteiger partial charge in [0.1, 0.15) is 0 Å². The number of anilines is 2. The van der Waals surface area contributed by atoms with Gasteiger partial charge < -0.3 is 15.5 Å². The van der Waals surface area contributed by atoms with Crippen LogP contribution in [0.5, 0.6) is 0 Å². The molecule has 2 N–H and O–H groups in total. The van der Waals surface area contributed by atoms with E-state index in [4.69, 9.17) is 0 Å². The Morgan fingerprint density at radius 3 is 2.55 bits per heavy atom. The minimum Gasteiger partial charge on any atom is -0.378 e. The van der Waals surface area contributed by atoms with Crippen molar-refractivity contribution < 1.29 is 18.1 Å². The zero-order chi connectivity index (χ0) is 23.8. The fraction of sp³-hybridized carbons (Fsp3) is 0.348. The molecule has 1 fully saturated rings. The number of benzene rings is 2. The molecule has 10 heteroatoms. The number of rotatable bonds is 5. The van der Waals surface area contributed by atoms with Crippen molar-refractivity contribution in [3.8, 4) is 0 Å². The topological polar surface area (TPSA) is 83.3 Å². The Balaban J connectivity index is 1.72. The Morgan fingerprint density at radius 1 is 1.15 bits per heavy atom. The van der Waals surface area contributed by atoms with Gasteiger partial charge in [0, 0.05) is 66.8 Å². The molecule has 4 rings (SSSR count). The van der Waals surface area contributed by atoms with E-state index >= 15 is 0 Å². The van der Waals surface area contributed by atoms with Gasteiger partial charge in [-0.15, -0.1) is 0 Å². The van der Waals surface area contributed by atoms with E-state index < -0.39 is 28.4 Å². The first-order chi connectivity index (χ1) is 15.6. The number of hydrogen-bond donors (Lipinski definition) is 2. The number of aromatic nitrogens is 1. The third-order valence-corrected chi connectivity index (χ3v) is 5.75. The summed E-state index contributed by atoms with van der Waals surface area (Å²) in [6.45, 7) is 7.05. The van der Waals surface area contributed by atoms with Crippen molar-refractivity contribution in [2.24, 2.45) is 0 Å².